The summed E-state index contributed by atoms with van der Waals surface area (Å²) in [5.74, 6) is -1.96. The Morgan fingerprint density at radius 2 is 1.86 bits per heavy atom. The number of likely N-dealkylation sites (tertiary alicyclic amines) is 1. The van der Waals surface area contributed by atoms with Gasteiger partial charge in [-0.05, 0) is 25.8 Å². The maximum Gasteiger partial charge on any atom is 0.326 e. The van der Waals surface area contributed by atoms with Gasteiger partial charge in [0.05, 0.1) is 30.6 Å². The van der Waals surface area contributed by atoms with Crippen LogP contribution in [0.5, 0.6) is 0 Å². The molecular formula is C26H45N3O6. The van der Waals surface area contributed by atoms with Crippen molar-refractivity contribution in [1.82, 2.24) is 15.5 Å². The normalized spacial score (nSPS) is 20.9. The molecule has 0 radical (unpaired) electrons. The topological polar surface area (TPSA) is 117 Å². The zero-order chi connectivity index (χ0) is 26.7. The van der Waals surface area contributed by atoms with Gasteiger partial charge in [0.2, 0.25) is 11.8 Å². The monoisotopic (exact) mass is 495 g/mol. The maximum atomic E-state index is 13.4. The number of hydrogen-bond donors (Lipinski definition) is 3. The predicted octanol–water partition coefficient (Wildman–Crippen LogP) is 2.37. The number of hydrogen-bond acceptors (Lipinski definition) is 6. The number of rotatable bonds is 16. The molecule has 1 heterocycles. The standard InChI is InChI=1S/C26H45N3O6/c1-9-16(3)14-19(26(32)33)28-25(31)18(5)24(35-8)20-12-11-13-29(20)22(30)15-21(34-7)23(27-6)17(4)10-2/h9,17-21,23-24,27H,1,3,10-15H2,2,4-8H3,(H,28,31)(H,32,33). The molecule has 0 spiro atoms. The Morgan fingerprint density at radius 3 is 2.34 bits per heavy atom. The Hall–Kier alpha value is -2.23. The van der Waals surface area contributed by atoms with Crippen molar-refractivity contribution in [2.45, 2.75) is 83.2 Å². The molecule has 1 rings (SSSR count). The molecule has 0 saturated carbocycles. The van der Waals surface area contributed by atoms with Gasteiger partial charge in [-0.1, -0.05) is 52.0 Å². The number of methoxy groups -OCH3 is 2. The van der Waals surface area contributed by atoms with Gasteiger partial charge in [-0.15, -0.1) is 0 Å². The van der Waals surface area contributed by atoms with Gasteiger partial charge < -0.3 is 30.1 Å². The molecule has 1 aliphatic heterocycles. The number of nitrogens with zero attached hydrogens (tertiary/aromatic N) is 1. The van der Waals surface area contributed by atoms with Gasteiger partial charge >= 0.3 is 5.97 Å². The summed E-state index contributed by atoms with van der Waals surface area (Å²) in [4.78, 5) is 39.8. The fourth-order valence-electron chi connectivity index (χ4n) is 4.87. The van der Waals surface area contributed by atoms with E-state index in [4.69, 9.17) is 9.47 Å². The van der Waals surface area contributed by atoms with Gasteiger partial charge in [-0.2, -0.15) is 0 Å². The fourth-order valence-corrected chi connectivity index (χ4v) is 4.87. The minimum Gasteiger partial charge on any atom is -0.480 e. The van der Waals surface area contributed by atoms with Gasteiger partial charge in [-0.25, -0.2) is 4.79 Å². The lowest BCUT2D eigenvalue weighted by Crippen LogP contribution is -2.53. The molecule has 0 aliphatic carbocycles. The van der Waals surface area contributed by atoms with Gasteiger partial charge in [0, 0.05) is 33.2 Å². The van der Waals surface area contributed by atoms with Crippen molar-refractivity contribution in [3.05, 3.63) is 24.8 Å². The molecule has 1 aliphatic rings. The van der Waals surface area contributed by atoms with Crippen LogP contribution in [0.4, 0.5) is 0 Å². The first-order valence-electron chi connectivity index (χ1n) is 12.4. The number of carboxylic acid groups (broad SMARTS) is 1. The number of likely N-dealkylation sites (N-methyl/N-ethyl adjacent to an activating group) is 1. The number of nitrogens with one attached hydrogen (secondary N) is 2. The summed E-state index contributed by atoms with van der Waals surface area (Å²) >= 11 is 0. The van der Waals surface area contributed by atoms with Crippen LogP contribution >= 0.6 is 0 Å². The maximum absolute atomic E-state index is 13.4. The lowest BCUT2D eigenvalue weighted by Gasteiger charge is -2.36. The van der Waals surface area contributed by atoms with Crippen molar-refractivity contribution < 1.29 is 29.0 Å². The van der Waals surface area contributed by atoms with Crippen molar-refractivity contribution in [2.24, 2.45) is 11.8 Å². The van der Waals surface area contributed by atoms with E-state index in [1.807, 2.05) is 7.05 Å². The molecular weight excluding hydrogens is 450 g/mol. The van der Waals surface area contributed by atoms with Crippen LogP contribution < -0.4 is 10.6 Å². The second-order valence-corrected chi connectivity index (χ2v) is 9.43. The van der Waals surface area contributed by atoms with Crippen LogP contribution in [0.25, 0.3) is 0 Å². The lowest BCUT2D eigenvalue weighted by molar-refractivity contribution is -0.145. The molecule has 3 N–H and O–H groups in total. The lowest BCUT2D eigenvalue weighted by atomic mass is 9.91. The average molecular weight is 496 g/mol. The van der Waals surface area contributed by atoms with E-state index in [2.05, 4.69) is 37.6 Å². The van der Waals surface area contributed by atoms with Crippen LogP contribution in [0, 0.1) is 11.8 Å². The second-order valence-electron chi connectivity index (χ2n) is 9.43. The van der Waals surface area contributed by atoms with Gasteiger partial charge in [-0.3, -0.25) is 9.59 Å². The number of amides is 2. The number of carbonyl (C=O) groups is 3. The van der Waals surface area contributed by atoms with E-state index in [0.717, 1.165) is 12.8 Å². The summed E-state index contributed by atoms with van der Waals surface area (Å²) in [6.45, 7) is 13.8. The first kappa shape index (κ1) is 30.8. The first-order chi connectivity index (χ1) is 16.6. The molecule has 0 aromatic heterocycles. The molecule has 9 nitrogen and oxygen atoms in total. The molecule has 0 aromatic rings. The van der Waals surface area contributed by atoms with Crippen LogP contribution in [0.15, 0.2) is 24.8 Å². The van der Waals surface area contributed by atoms with E-state index in [0.29, 0.717) is 24.5 Å². The Kier molecular flexibility index (Phi) is 13.2. The molecule has 7 atom stereocenters. The minimum atomic E-state index is -1.15. The zero-order valence-electron chi connectivity index (χ0n) is 22.2. The van der Waals surface area contributed by atoms with Gasteiger partial charge in [0.1, 0.15) is 6.04 Å². The van der Waals surface area contributed by atoms with Crippen molar-refractivity contribution in [3.8, 4) is 0 Å². The van der Waals surface area contributed by atoms with E-state index in [-0.39, 0.29) is 36.9 Å². The number of allylic oxidation sites excluding steroid dienone is 1. The van der Waals surface area contributed by atoms with Crippen LogP contribution in [-0.2, 0) is 23.9 Å². The Bertz CT molecular complexity index is 743. The quantitative estimate of drug-likeness (QED) is 0.281. The van der Waals surface area contributed by atoms with E-state index >= 15 is 0 Å². The number of aliphatic carboxylic acids is 1. The highest BCUT2D eigenvalue weighted by Crippen LogP contribution is 2.28. The van der Waals surface area contributed by atoms with Crippen molar-refractivity contribution >= 4 is 17.8 Å². The van der Waals surface area contributed by atoms with Gasteiger partial charge in [0.15, 0.2) is 0 Å². The third-order valence-electron chi connectivity index (χ3n) is 7.22. The molecule has 7 unspecified atom stereocenters. The predicted molar refractivity (Wildman–Crippen MR) is 136 cm³/mol. The van der Waals surface area contributed by atoms with Crippen molar-refractivity contribution in [3.63, 3.8) is 0 Å². The second kappa shape index (κ2) is 15.0. The smallest absolute Gasteiger partial charge is 0.326 e. The summed E-state index contributed by atoms with van der Waals surface area (Å²) in [6.07, 6.45) is 3.37. The largest absolute Gasteiger partial charge is 0.480 e. The Labute approximate surface area is 210 Å². The molecule has 200 valence electrons. The van der Waals surface area contributed by atoms with Gasteiger partial charge in [0.25, 0.3) is 0 Å². The number of ether oxygens (including phenoxy) is 2. The Morgan fingerprint density at radius 1 is 1.20 bits per heavy atom. The highest BCUT2D eigenvalue weighted by molar-refractivity contribution is 5.85. The molecule has 1 saturated heterocycles. The summed E-state index contributed by atoms with van der Waals surface area (Å²) in [6, 6.07) is -1.36. The van der Waals surface area contributed by atoms with Crippen molar-refractivity contribution in [2.75, 3.05) is 27.8 Å². The van der Waals surface area contributed by atoms with Crippen molar-refractivity contribution in [1.29, 1.82) is 0 Å². The summed E-state index contributed by atoms with van der Waals surface area (Å²) in [5.41, 5.74) is 0.520. The van der Waals surface area contributed by atoms with Crippen LogP contribution in [0.3, 0.4) is 0 Å². The van der Waals surface area contributed by atoms with E-state index in [1.165, 1.54) is 13.2 Å². The van der Waals surface area contributed by atoms with Crippen LogP contribution in [-0.4, -0.2) is 85.9 Å². The fraction of sp³-hybridized carbons (Fsp3) is 0.731. The van der Waals surface area contributed by atoms with E-state index in [9.17, 15) is 19.5 Å². The van der Waals surface area contributed by atoms with Crippen LogP contribution in [0.2, 0.25) is 0 Å². The third-order valence-corrected chi connectivity index (χ3v) is 7.22. The number of carboxylic acids is 1. The van der Waals surface area contributed by atoms with E-state index in [1.54, 1.807) is 18.9 Å². The van der Waals surface area contributed by atoms with Crippen LogP contribution in [0.1, 0.15) is 52.9 Å². The Balaban J connectivity index is 2.97. The molecule has 2 amide bonds. The van der Waals surface area contributed by atoms with E-state index < -0.39 is 29.9 Å². The SMILES string of the molecule is C=CC(=C)CC(NC(=O)C(C)C(OC)C1CCCN1C(=O)CC(OC)C(NC)C(C)CC)C(=O)O. The molecule has 1 fully saturated rings. The zero-order valence-corrected chi connectivity index (χ0v) is 22.2. The first-order valence-corrected chi connectivity index (χ1v) is 12.4. The summed E-state index contributed by atoms with van der Waals surface area (Å²) < 4.78 is 11.4. The highest BCUT2D eigenvalue weighted by Gasteiger charge is 2.41. The number of carbonyl (C=O) groups excluding carboxylic acids is 2. The highest BCUT2D eigenvalue weighted by atomic mass is 16.5. The third kappa shape index (κ3) is 8.44. The minimum absolute atomic E-state index is 0.0381. The average Bonchev–Trinajstić information content (AvgIpc) is 3.32. The molecule has 9 heteroatoms. The summed E-state index contributed by atoms with van der Waals surface area (Å²) in [5, 5.41) is 15.4. The molecule has 35 heavy (non-hydrogen) atoms. The molecule has 0 aromatic carbocycles. The molecule has 0 bridgehead atoms. The summed E-state index contributed by atoms with van der Waals surface area (Å²) in [7, 11) is 5.01.